The molecule has 0 N–H and O–H groups in total. The van der Waals surface area contributed by atoms with Crippen molar-refractivity contribution in [3.8, 4) is 22.3 Å². The molecule has 12 rings (SSSR count). The maximum atomic E-state index is 6.06. The number of hydrogen-bond donors (Lipinski definition) is 0. The van der Waals surface area contributed by atoms with E-state index in [1.807, 2.05) is 6.07 Å². The molecule has 282 valence electrons. The van der Waals surface area contributed by atoms with Crippen molar-refractivity contribution >= 4 is 28.0 Å². The molecule has 2 nitrogen and oxygen atoms in total. The summed E-state index contributed by atoms with van der Waals surface area (Å²) >= 11 is 0. The van der Waals surface area contributed by atoms with Crippen LogP contribution in [0.5, 0.6) is 0 Å². The van der Waals surface area contributed by atoms with E-state index in [2.05, 4.69) is 229 Å². The van der Waals surface area contributed by atoms with Crippen LogP contribution in [0.1, 0.15) is 44.5 Å². The Bertz CT molecular complexity index is 3120. The van der Waals surface area contributed by atoms with Crippen molar-refractivity contribution in [1.29, 1.82) is 0 Å². The van der Waals surface area contributed by atoms with E-state index in [-0.39, 0.29) is 0 Å². The molecular weight excluding hydrogens is 727 g/mol. The van der Waals surface area contributed by atoms with Crippen LogP contribution in [0.4, 0.5) is 17.1 Å². The first-order valence-electron chi connectivity index (χ1n) is 20.7. The summed E-state index contributed by atoms with van der Waals surface area (Å²) in [5, 5.41) is 1.08. The highest BCUT2D eigenvalue weighted by Gasteiger charge is 2.48. The summed E-state index contributed by atoms with van der Waals surface area (Å²) in [7, 11) is 0. The van der Waals surface area contributed by atoms with Gasteiger partial charge in [0, 0.05) is 28.5 Å². The number of fused-ring (bicyclic) bond motifs is 7. The summed E-state index contributed by atoms with van der Waals surface area (Å²) in [5.41, 5.74) is 18.2. The lowest BCUT2D eigenvalue weighted by molar-refractivity contribution is 0.616. The van der Waals surface area contributed by atoms with Gasteiger partial charge in [-0.15, -0.1) is 0 Å². The highest BCUT2D eigenvalue weighted by atomic mass is 16.3. The Kier molecular flexibility index (Phi) is 7.70. The Morgan fingerprint density at radius 3 is 1.30 bits per heavy atom. The van der Waals surface area contributed by atoms with Crippen LogP contribution in [-0.4, -0.2) is 0 Å². The minimum absolute atomic E-state index is 0.477. The van der Waals surface area contributed by atoms with Gasteiger partial charge in [-0.3, -0.25) is 0 Å². The normalized spacial score (nSPS) is 13.9. The van der Waals surface area contributed by atoms with Gasteiger partial charge >= 0.3 is 0 Å². The fourth-order valence-corrected chi connectivity index (χ4v) is 10.7. The summed E-state index contributed by atoms with van der Waals surface area (Å²) in [4.78, 5) is 2.42. The summed E-state index contributed by atoms with van der Waals surface area (Å²) in [6.07, 6.45) is 1.78. The summed E-state index contributed by atoms with van der Waals surface area (Å²) in [6, 6.07) is 84.8. The standard InChI is InChI=1S/C58H39NO/c1-5-17-41(18-6-1)57(42-19-7-2-8-20-42)53-28-16-14-26-49(53)51-37-45(32-34-54(51)57)59(47-30-29-40-35-36-60-56(40)39-47)46-31-33-50-48-25-13-15-27-52(48)58(55(50)38-46,43-21-9-3-10-22-43)44-23-11-4-12-24-44/h1-39H. The molecule has 60 heavy (non-hydrogen) atoms. The van der Waals surface area contributed by atoms with Crippen LogP contribution in [0.25, 0.3) is 33.2 Å². The smallest absolute Gasteiger partial charge is 0.135 e. The average molecular weight is 766 g/mol. The molecule has 0 unspecified atom stereocenters. The van der Waals surface area contributed by atoms with Crippen LogP contribution in [0.2, 0.25) is 0 Å². The Morgan fingerprint density at radius 1 is 0.300 bits per heavy atom. The fraction of sp³-hybridized carbons (Fsp3) is 0.0345. The molecule has 2 heteroatoms. The zero-order valence-electron chi connectivity index (χ0n) is 32.9. The van der Waals surface area contributed by atoms with Crippen LogP contribution in [0.3, 0.4) is 0 Å². The van der Waals surface area contributed by atoms with Crippen molar-refractivity contribution in [1.82, 2.24) is 0 Å². The van der Waals surface area contributed by atoms with E-state index in [4.69, 9.17) is 4.42 Å². The maximum Gasteiger partial charge on any atom is 0.135 e. The predicted molar refractivity (Wildman–Crippen MR) is 246 cm³/mol. The lowest BCUT2D eigenvalue weighted by Crippen LogP contribution is -2.28. The van der Waals surface area contributed by atoms with E-state index >= 15 is 0 Å². The molecule has 0 amide bonds. The minimum atomic E-state index is -0.525. The molecule has 1 heterocycles. The quantitative estimate of drug-likeness (QED) is 0.161. The molecule has 10 aromatic rings. The minimum Gasteiger partial charge on any atom is -0.464 e. The topological polar surface area (TPSA) is 16.4 Å². The van der Waals surface area contributed by atoms with Crippen LogP contribution >= 0.6 is 0 Å². The SMILES string of the molecule is c1ccc(C2(c3ccccc3)c3ccccc3-c3cc(N(c4ccc5c(c4)C(c4ccccc4)(c4ccccc4)c4ccccc4-5)c4ccc5ccoc5c4)ccc32)cc1. The Labute approximate surface area is 350 Å². The van der Waals surface area contributed by atoms with Crippen molar-refractivity contribution in [3.63, 3.8) is 0 Å². The Balaban J connectivity index is 1.13. The van der Waals surface area contributed by atoms with Gasteiger partial charge in [0.1, 0.15) is 5.58 Å². The molecule has 0 saturated carbocycles. The third-order valence-electron chi connectivity index (χ3n) is 13.1. The van der Waals surface area contributed by atoms with Crippen LogP contribution < -0.4 is 4.90 Å². The first kappa shape index (κ1) is 34.4. The third-order valence-corrected chi connectivity index (χ3v) is 13.1. The Morgan fingerprint density at radius 2 is 0.717 bits per heavy atom. The molecule has 0 radical (unpaired) electrons. The Hall–Kier alpha value is -7.68. The van der Waals surface area contributed by atoms with Crippen LogP contribution in [0, 0.1) is 0 Å². The molecular formula is C58H39NO. The molecule has 0 atom stereocenters. The van der Waals surface area contributed by atoms with E-state index in [1.54, 1.807) is 6.26 Å². The van der Waals surface area contributed by atoms with Gasteiger partial charge in [-0.2, -0.15) is 0 Å². The number of furan rings is 1. The second kappa shape index (κ2) is 13.4. The van der Waals surface area contributed by atoms with Gasteiger partial charge in [0.15, 0.2) is 0 Å². The molecule has 1 aromatic heterocycles. The molecule has 0 saturated heterocycles. The van der Waals surface area contributed by atoms with Gasteiger partial charge in [-0.25, -0.2) is 0 Å². The van der Waals surface area contributed by atoms with E-state index in [9.17, 15) is 0 Å². The monoisotopic (exact) mass is 765 g/mol. The molecule has 0 bridgehead atoms. The molecule has 2 aliphatic rings. The highest BCUT2D eigenvalue weighted by Crippen LogP contribution is 2.59. The first-order chi connectivity index (χ1) is 29.8. The van der Waals surface area contributed by atoms with E-state index in [0.29, 0.717) is 0 Å². The lowest BCUT2D eigenvalue weighted by Gasteiger charge is -2.35. The highest BCUT2D eigenvalue weighted by molar-refractivity contribution is 5.94. The van der Waals surface area contributed by atoms with Crippen LogP contribution in [0.15, 0.2) is 241 Å². The van der Waals surface area contributed by atoms with Crippen molar-refractivity contribution in [2.45, 2.75) is 10.8 Å². The number of benzene rings is 9. The number of anilines is 3. The van der Waals surface area contributed by atoms with Gasteiger partial charge in [-0.05, 0) is 109 Å². The lowest BCUT2D eigenvalue weighted by atomic mass is 9.67. The van der Waals surface area contributed by atoms with E-state index in [0.717, 1.165) is 28.0 Å². The van der Waals surface area contributed by atoms with Crippen LogP contribution in [-0.2, 0) is 10.8 Å². The van der Waals surface area contributed by atoms with Crippen molar-refractivity contribution < 1.29 is 4.42 Å². The molecule has 0 fully saturated rings. The largest absolute Gasteiger partial charge is 0.464 e. The molecule has 0 aliphatic heterocycles. The van der Waals surface area contributed by atoms with Gasteiger partial charge in [-0.1, -0.05) is 182 Å². The van der Waals surface area contributed by atoms with Gasteiger partial charge in [0.25, 0.3) is 0 Å². The van der Waals surface area contributed by atoms with Crippen molar-refractivity contribution in [3.05, 3.63) is 281 Å². The number of nitrogens with zero attached hydrogens (tertiary/aromatic N) is 1. The summed E-state index contributed by atoms with van der Waals surface area (Å²) in [6.45, 7) is 0. The average Bonchev–Trinajstić information content (AvgIpc) is 4.00. The van der Waals surface area contributed by atoms with E-state index in [1.165, 1.54) is 66.8 Å². The number of rotatable bonds is 7. The zero-order chi connectivity index (χ0) is 39.7. The number of hydrogen-bond acceptors (Lipinski definition) is 2. The molecule has 2 aliphatic carbocycles. The summed E-state index contributed by atoms with van der Waals surface area (Å²) < 4.78 is 6.06. The fourth-order valence-electron chi connectivity index (χ4n) is 10.7. The van der Waals surface area contributed by atoms with Crippen molar-refractivity contribution in [2.75, 3.05) is 4.90 Å². The van der Waals surface area contributed by atoms with Gasteiger partial charge in [0.05, 0.1) is 17.1 Å². The van der Waals surface area contributed by atoms with Gasteiger partial charge in [0.2, 0.25) is 0 Å². The second-order valence-corrected chi connectivity index (χ2v) is 16.0. The van der Waals surface area contributed by atoms with Gasteiger partial charge < -0.3 is 9.32 Å². The second-order valence-electron chi connectivity index (χ2n) is 16.0. The van der Waals surface area contributed by atoms with E-state index < -0.39 is 10.8 Å². The molecule has 9 aromatic carbocycles. The third kappa shape index (κ3) is 4.82. The first-order valence-corrected chi connectivity index (χ1v) is 20.7. The molecule has 0 spiro atoms. The predicted octanol–water partition coefficient (Wildman–Crippen LogP) is 14.6. The zero-order valence-corrected chi connectivity index (χ0v) is 32.9. The summed E-state index contributed by atoms with van der Waals surface area (Å²) in [5.74, 6) is 0. The van der Waals surface area contributed by atoms with Crippen molar-refractivity contribution in [2.24, 2.45) is 0 Å². The maximum absolute atomic E-state index is 6.06.